The highest BCUT2D eigenvalue weighted by Crippen LogP contribution is 2.40. The van der Waals surface area contributed by atoms with Crippen LogP contribution in [-0.2, 0) is 32.8 Å². The van der Waals surface area contributed by atoms with Crippen molar-refractivity contribution >= 4 is 23.6 Å². The van der Waals surface area contributed by atoms with E-state index >= 15 is 0 Å². The molecule has 320 valence electrons. The fourth-order valence-electron chi connectivity index (χ4n) is 8.36. The van der Waals surface area contributed by atoms with Gasteiger partial charge < -0.3 is 24.8 Å². The van der Waals surface area contributed by atoms with Crippen molar-refractivity contribution in [3.63, 3.8) is 0 Å². The maximum atomic E-state index is 14.3. The Hall–Kier alpha value is -7.34. The number of fused-ring (bicyclic) bond motifs is 1. The molecule has 0 radical (unpaired) electrons. The number of nitrogens with zero attached hydrogens (tertiary/aromatic N) is 6. The van der Waals surface area contributed by atoms with Crippen LogP contribution >= 0.6 is 0 Å². The fraction of sp³-hybridized carbons (Fsp3) is 0.255. The summed E-state index contributed by atoms with van der Waals surface area (Å²) in [5.41, 5.74) is 4.88. The van der Waals surface area contributed by atoms with E-state index in [0.29, 0.717) is 25.2 Å². The minimum Gasteiger partial charge on any atom is -0.444 e. The van der Waals surface area contributed by atoms with Crippen molar-refractivity contribution in [2.45, 2.75) is 83.1 Å². The molecule has 1 aliphatic heterocycles. The summed E-state index contributed by atoms with van der Waals surface area (Å²) in [4.78, 5) is 43.7. The fourth-order valence-corrected chi connectivity index (χ4v) is 8.36. The Morgan fingerprint density at radius 3 is 1.92 bits per heavy atom. The van der Waals surface area contributed by atoms with E-state index in [-0.39, 0.29) is 18.2 Å². The first-order chi connectivity index (χ1) is 30.3. The second-order valence-electron chi connectivity index (χ2n) is 17.5. The van der Waals surface area contributed by atoms with E-state index in [2.05, 4.69) is 52.1 Å². The van der Waals surface area contributed by atoms with Crippen LogP contribution in [0.25, 0.3) is 17.2 Å². The van der Waals surface area contributed by atoms with Gasteiger partial charge in [0.1, 0.15) is 11.6 Å². The van der Waals surface area contributed by atoms with Crippen LogP contribution in [0, 0.1) is 0 Å². The second-order valence-corrected chi connectivity index (χ2v) is 17.5. The van der Waals surface area contributed by atoms with Crippen molar-refractivity contribution in [2.24, 2.45) is 0 Å². The lowest BCUT2D eigenvalue weighted by Gasteiger charge is -2.34. The lowest BCUT2D eigenvalue weighted by Crippen LogP contribution is -2.52. The number of nitrogens with one attached hydrogen (secondary N) is 2. The smallest absolute Gasteiger partial charge is 0.408 e. The molecule has 1 aliphatic rings. The van der Waals surface area contributed by atoms with Crippen molar-refractivity contribution in [3.8, 4) is 17.2 Å². The van der Waals surface area contributed by atoms with Crippen LogP contribution in [0.1, 0.15) is 75.3 Å². The minimum atomic E-state index is -0.909. The molecule has 0 fully saturated rings. The summed E-state index contributed by atoms with van der Waals surface area (Å²) in [5.74, 6) is -0.0811. The Morgan fingerprint density at radius 2 is 1.32 bits per heavy atom. The molecule has 0 aliphatic carbocycles. The van der Waals surface area contributed by atoms with Crippen molar-refractivity contribution in [2.75, 3.05) is 4.90 Å². The zero-order chi connectivity index (χ0) is 44.2. The number of ether oxygens (including phenoxy) is 1. The van der Waals surface area contributed by atoms with E-state index in [4.69, 9.17) is 15.0 Å². The highest BCUT2D eigenvalue weighted by Gasteiger charge is 2.41. The van der Waals surface area contributed by atoms with Gasteiger partial charge in [-0.1, -0.05) is 121 Å². The number of aryl methyl sites for hydroxylation is 1. The van der Waals surface area contributed by atoms with Gasteiger partial charge in [0.05, 0.1) is 12.2 Å². The average molecular weight is 841 g/mol. The number of aromatic nitrogens is 5. The van der Waals surface area contributed by atoms with Gasteiger partial charge in [-0.2, -0.15) is 0 Å². The molecule has 7 aromatic rings. The molecular formula is C51H52N8O4. The number of carbonyl (C=O) groups excluding carboxylic acids is 3. The predicted molar refractivity (Wildman–Crippen MR) is 243 cm³/mol. The zero-order valence-corrected chi connectivity index (χ0v) is 36.2. The monoisotopic (exact) mass is 840 g/mol. The SMILES string of the molecule is CC(C)(CC(=O)N[C@@H]1CCc2ccccc2N(Cc2ccc(-n3cccc3-c3nnn(C(c4ccccc4)(c4ccccc4)c4ccccc4)n3)cc2)C1=O)NC(=O)OC(C)(C)C. The summed E-state index contributed by atoms with van der Waals surface area (Å²) >= 11 is 0. The Labute approximate surface area is 367 Å². The van der Waals surface area contributed by atoms with Gasteiger partial charge in [-0.3, -0.25) is 9.59 Å². The lowest BCUT2D eigenvalue weighted by atomic mass is 9.77. The maximum Gasteiger partial charge on any atom is 0.408 e. The summed E-state index contributed by atoms with van der Waals surface area (Å²) in [6.07, 6.45) is 2.38. The molecule has 8 rings (SSSR count). The van der Waals surface area contributed by atoms with Gasteiger partial charge in [-0.25, -0.2) is 4.79 Å². The van der Waals surface area contributed by atoms with E-state index in [1.165, 1.54) is 0 Å². The molecule has 0 saturated carbocycles. The molecule has 2 N–H and O–H groups in total. The highest BCUT2D eigenvalue weighted by molar-refractivity contribution is 6.00. The summed E-state index contributed by atoms with van der Waals surface area (Å²) in [6.45, 7) is 9.14. The molecule has 5 aromatic carbocycles. The molecule has 12 heteroatoms. The minimum absolute atomic E-state index is 0.0361. The van der Waals surface area contributed by atoms with E-state index in [1.807, 2.05) is 126 Å². The van der Waals surface area contributed by atoms with Gasteiger partial charge >= 0.3 is 6.09 Å². The molecule has 0 unspecified atom stereocenters. The van der Waals surface area contributed by atoms with Crippen molar-refractivity contribution in [1.29, 1.82) is 0 Å². The number of benzene rings is 5. The summed E-state index contributed by atoms with van der Waals surface area (Å²) in [7, 11) is 0. The van der Waals surface area contributed by atoms with E-state index < -0.39 is 28.8 Å². The number of alkyl carbamates (subject to hydrolysis) is 1. The lowest BCUT2D eigenvalue weighted by molar-refractivity contribution is -0.128. The Kier molecular flexibility index (Phi) is 11.8. The highest BCUT2D eigenvalue weighted by atomic mass is 16.6. The third kappa shape index (κ3) is 9.16. The maximum absolute atomic E-state index is 14.3. The first-order valence-electron chi connectivity index (χ1n) is 21.2. The van der Waals surface area contributed by atoms with Gasteiger partial charge in [0, 0.05) is 29.5 Å². The van der Waals surface area contributed by atoms with Crippen LogP contribution in [0.3, 0.4) is 0 Å². The van der Waals surface area contributed by atoms with E-state index in [1.54, 1.807) is 44.3 Å². The number of amides is 3. The van der Waals surface area contributed by atoms with Gasteiger partial charge in [-0.15, -0.1) is 15.0 Å². The molecule has 0 spiro atoms. The van der Waals surface area contributed by atoms with Crippen molar-refractivity contribution in [3.05, 3.63) is 186 Å². The van der Waals surface area contributed by atoms with Crippen LogP contribution in [0.5, 0.6) is 0 Å². The Balaban J connectivity index is 1.04. The first-order valence-corrected chi connectivity index (χ1v) is 21.2. The van der Waals surface area contributed by atoms with Gasteiger partial charge in [0.15, 0.2) is 5.54 Å². The normalized spacial score (nSPS) is 14.4. The van der Waals surface area contributed by atoms with Gasteiger partial charge in [-0.05, 0) is 111 Å². The molecule has 1 atom stereocenters. The molecule has 0 saturated heterocycles. The van der Waals surface area contributed by atoms with Crippen LogP contribution in [0.4, 0.5) is 10.5 Å². The molecular weight excluding hydrogens is 789 g/mol. The van der Waals surface area contributed by atoms with Crippen LogP contribution < -0.4 is 15.5 Å². The molecule has 12 nitrogen and oxygen atoms in total. The number of hydrogen-bond donors (Lipinski definition) is 2. The molecule has 2 aromatic heterocycles. The van der Waals surface area contributed by atoms with Gasteiger partial charge in [0.2, 0.25) is 17.6 Å². The number of para-hydroxylation sites is 1. The summed E-state index contributed by atoms with van der Waals surface area (Å²) in [6, 6.07) is 49.8. The number of hydrogen-bond acceptors (Lipinski definition) is 7. The molecule has 3 heterocycles. The van der Waals surface area contributed by atoms with Crippen molar-refractivity contribution in [1.82, 2.24) is 35.4 Å². The molecule has 0 bridgehead atoms. The van der Waals surface area contributed by atoms with E-state index in [0.717, 1.165) is 44.9 Å². The molecule has 3 amide bonds. The summed E-state index contributed by atoms with van der Waals surface area (Å²) < 4.78 is 7.43. The second kappa shape index (κ2) is 17.6. The number of tetrazole rings is 1. The quantitative estimate of drug-likeness (QED) is 0.118. The van der Waals surface area contributed by atoms with Crippen LogP contribution in [0.2, 0.25) is 0 Å². The van der Waals surface area contributed by atoms with Crippen molar-refractivity contribution < 1.29 is 19.1 Å². The predicted octanol–water partition coefficient (Wildman–Crippen LogP) is 8.63. The number of anilines is 1. The topological polar surface area (TPSA) is 136 Å². The first kappa shape index (κ1) is 42.4. The summed E-state index contributed by atoms with van der Waals surface area (Å²) in [5, 5.41) is 20.3. The van der Waals surface area contributed by atoms with Crippen LogP contribution in [0.15, 0.2) is 158 Å². The standard InChI is InChI=1S/C51H52N8O4/c1-49(2,3)63-48(62)53-50(4,5)34-45(60)52-42-32-29-37-18-15-16-25-43(37)58(47(42)61)35-36-27-30-41(31-28-36)57-33-17-26-44(57)46-54-56-59(55-46)51(38-19-9-6-10-20-38,39-21-11-7-12-22-39)40-23-13-8-14-24-40/h6-28,30-31,33,42H,29,32,34-35H2,1-5H3,(H,52,60)(H,53,62)/t42-/m1/s1. The number of carbonyl (C=O) groups is 3. The third-order valence-corrected chi connectivity index (χ3v) is 11.1. The molecule has 63 heavy (non-hydrogen) atoms. The van der Waals surface area contributed by atoms with E-state index in [9.17, 15) is 14.4 Å². The Bertz CT molecular complexity index is 2590. The zero-order valence-electron chi connectivity index (χ0n) is 36.2. The largest absolute Gasteiger partial charge is 0.444 e. The number of rotatable bonds is 12. The Morgan fingerprint density at radius 1 is 0.730 bits per heavy atom. The third-order valence-electron chi connectivity index (χ3n) is 11.1. The average Bonchev–Trinajstić information content (AvgIpc) is 3.94. The van der Waals surface area contributed by atoms with Gasteiger partial charge in [0.25, 0.3) is 0 Å². The van der Waals surface area contributed by atoms with Crippen LogP contribution in [-0.4, -0.2) is 59.9 Å².